The first-order valence-corrected chi connectivity index (χ1v) is 9.02. The van der Waals surface area contributed by atoms with E-state index in [1.807, 2.05) is 19.3 Å². The summed E-state index contributed by atoms with van der Waals surface area (Å²) >= 11 is 0. The van der Waals surface area contributed by atoms with Crippen molar-refractivity contribution in [2.24, 2.45) is 0 Å². The first-order chi connectivity index (χ1) is 12.7. The summed E-state index contributed by atoms with van der Waals surface area (Å²) in [5, 5.41) is 0. The van der Waals surface area contributed by atoms with Crippen LogP contribution in [0.3, 0.4) is 0 Å². The van der Waals surface area contributed by atoms with E-state index < -0.39 is 0 Å². The second-order valence-electron chi connectivity index (χ2n) is 6.72. The molecule has 0 fully saturated rings. The van der Waals surface area contributed by atoms with Gasteiger partial charge in [-0.25, -0.2) is 4.98 Å². The highest BCUT2D eigenvalue weighted by Gasteiger charge is 2.22. The molecule has 0 atom stereocenters. The summed E-state index contributed by atoms with van der Waals surface area (Å²) in [6, 6.07) is 14.7. The molecule has 0 saturated carbocycles. The Hall–Kier alpha value is -2.95. The van der Waals surface area contributed by atoms with Crippen LogP contribution in [0.5, 0.6) is 0 Å². The summed E-state index contributed by atoms with van der Waals surface area (Å²) in [5.41, 5.74) is 4.91. The van der Waals surface area contributed by atoms with Gasteiger partial charge in [0.15, 0.2) is 0 Å². The lowest BCUT2D eigenvalue weighted by Crippen LogP contribution is -2.24. The average molecular weight is 345 g/mol. The molecule has 132 valence electrons. The summed E-state index contributed by atoms with van der Waals surface area (Å²) in [6.07, 6.45) is 5.67. The molecule has 0 spiro atoms. The Morgan fingerprint density at radius 2 is 1.88 bits per heavy atom. The second kappa shape index (κ2) is 7.12. The van der Waals surface area contributed by atoms with E-state index in [1.165, 1.54) is 16.8 Å². The number of rotatable bonds is 5. The predicted molar refractivity (Wildman–Crippen MR) is 105 cm³/mol. The Labute approximate surface area is 154 Å². The summed E-state index contributed by atoms with van der Waals surface area (Å²) in [7, 11) is 2.05. The number of fused-ring (bicyclic) bond motifs is 1. The molecule has 3 heterocycles. The third-order valence-electron chi connectivity index (χ3n) is 4.82. The van der Waals surface area contributed by atoms with E-state index in [9.17, 15) is 0 Å². The molecule has 1 aliphatic heterocycles. The maximum absolute atomic E-state index is 4.86. The molecule has 26 heavy (non-hydrogen) atoms. The van der Waals surface area contributed by atoms with Gasteiger partial charge >= 0.3 is 0 Å². The zero-order chi connectivity index (χ0) is 17.9. The SMILES string of the molecule is Cc1cc(N2CCc3ccccc32)nc(N(C)CCc2ccncc2)n1. The quantitative estimate of drug-likeness (QED) is 0.707. The van der Waals surface area contributed by atoms with E-state index in [4.69, 9.17) is 4.98 Å². The van der Waals surface area contributed by atoms with Gasteiger partial charge in [0.1, 0.15) is 5.82 Å². The zero-order valence-corrected chi connectivity index (χ0v) is 15.3. The third kappa shape index (κ3) is 3.38. The molecule has 1 aromatic carbocycles. The Bertz CT molecular complexity index is 894. The number of aromatic nitrogens is 3. The van der Waals surface area contributed by atoms with Crippen LogP contribution in [0.25, 0.3) is 0 Å². The normalized spacial score (nSPS) is 12.9. The van der Waals surface area contributed by atoms with Crippen LogP contribution in [0.1, 0.15) is 16.8 Å². The molecule has 0 saturated heterocycles. The number of hydrogen-bond acceptors (Lipinski definition) is 5. The highest BCUT2D eigenvalue weighted by Crippen LogP contribution is 2.33. The molecule has 5 nitrogen and oxygen atoms in total. The van der Waals surface area contributed by atoms with E-state index in [1.54, 1.807) is 0 Å². The minimum atomic E-state index is 0.776. The number of nitrogens with zero attached hydrogens (tertiary/aromatic N) is 5. The van der Waals surface area contributed by atoms with Crippen LogP contribution >= 0.6 is 0 Å². The smallest absolute Gasteiger partial charge is 0.227 e. The number of hydrogen-bond donors (Lipinski definition) is 0. The van der Waals surface area contributed by atoms with Crippen molar-refractivity contribution in [1.82, 2.24) is 15.0 Å². The lowest BCUT2D eigenvalue weighted by atomic mass is 10.2. The molecule has 2 aromatic heterocycles. The second-order valence-corrected chi connectivity index (χ2v) is 6.72. The zero-order valence-electron chi connectivity index (χ0n) is 15.3. The number of anilines is 3. The molecule has 0 aliphatic carbocycles. The molecule has 0 N–H and O–H groups in total. The van der Waals surface area contributed by atoms with Crippen molar-refractivity contribution < 1.29 is 0 Å². The van der Waals surface area contributed by atoms with Crippen LogP contribution < -0.4 is 9.80 Å². The van der Waals surface area contributed by atoms with Gasteiger partial charge in [0.05, 0.1) is 0 Å². The fraction of sp³-hybridized carbons (Fsp3) is 0.286. The van der Waals surface area contributed by atoms with Gasteiger partial charge in [-0.05, 0) is 49.1 Å². The van der Waals surface area contributed by atoms with Gasteiger partial charge in [-0.3, -0.25) is 4.98 Å². The van der Waals surface area contributed by atoms with E-state index in [0.29, 0.717) is 0 Å². The molecule has 5 heteroatoms. The van der Waals surface area contributed by atoms with Gasteiger partial charge in [-0.15, -0.1) is 0 Å². The van der Waals surface area contributed by atoms with Crippen LogP contribution in [-0.4, -0.2) is 35.1 Å². The Balaban J connectivity index is 1.55. The molecule has 0 bridgehead atoms. The molecule has 0 unspecified atom stereocenters. The maximum Gasteiger partial charge on any atom is 0.227 e. The lowest BCUT2D eigenvalue weighted by molar-refractivity contribution is 0.827. The number of likely N-dealkylation sites (N-methyl/N-ethyl adjacent to an activating group) is 1. The predicted octanol–water partition coefficient (Wildman–Crippen LogP) is 3.55. The van der Waals surface area contributed by atoms with Gasteiger partial charge in [0.25, 0.3) is 0 Å². The molecule has 0 amide bonds. The Kier molecular flexibility index (Phi) is 4.52. The fourth-order valence-corrected chi connectivity index (χ4v) is 3.37. The van der Waals surface area contributed by atoms with Crippen LogP contribution in [0, 0.1) is 6.92 Å². The molecule has 1 aliphatic rings. The molecule has 4 rings (SSSR count). The van der Waals surface area contributed by atoms with Gasteiger partial charge in [0.2, 0.25) is 5.95 Å². The van der Waals surface area contributed by atoms with Gasteiger partial charge < -0.3 is 9.80 Å². The minimum Gasteiger partial charge on any atom is -0.343 e. The minimum absolute atomic E-state index is 0.776. The van der Waals surface area contributed by atoms with E-state index in [0.717, 1.165) is 43.4 Å². The van der Waals surface area contributed by atoms with E-state index >= 15 is 0 Å². The largest absolute Gasteiger partial charge is 0.343 e. The van der Waals surface area contributed by atoms with Crippen molar-refractivity contribution in [3.63, 3.8) is 0 Å². The van der Waals surface area contributed by atoms with Crippen molar-refractivity contribution in [2.75, 3.05) is 29.9 Å². The van der Waals surface area contributed by atoms with Crippen molar-refractivity contribution in [2.45, 2.75) is 19.8 Å². The highest BCUT2D eigenvalue weighted by atomic mass is 15.3. The number of benzene rings is 1. The van der Waals surface area contributed by atoms with E-state index in [2.05, 4.69) is 69.3 Å². The molecular weight excluding hydrogens is 322 g/mol. The number of aryl methyl sites for hydroxylation is 1. The molecular formula is C21H23N5. The third-order valence-corrected chi connectivity index (χ3v) is 4.82. The van der Waals surface area contributed by atoms with Crippen LogP contribution in [0.2, 0.25) is 0 Å². The maximum atomic E-state index is 4.86. The Morgan fingerprint density at radius 1 is 1.08 bits per heavy atom. The van der Waals surface area contributed by atoms with Crippen LogP contribution in [0.15, 0.2) is 54.9 Å². The summed E-state index contributed by atoms with van der Waals surface area (Å²) in [4.78, 5) is 18.0. The monoisotopic (exact) mass is 345 g/mol. The van der Waals surface area contributed by atoms with Gasteiger partial charge in [-0.2, -0.15) is 4.98 Å². The average Bonchev–Trinajstić information content (AvgIpc) is 3.10. The lowest BCUT2D eigenvalue weighted by Gasteiger charge is -2.22. The fourth-order valence-electron chi connectivity index (χ4n) is 3.37. The van der Waals surface area contributed by atoms with Crippen LogP contribution in [-0.2, 0) is 12.8 Å². The summed E-state index contributed by atoms with van der Waals surface area (Å²) < 4.78 is 0. The summed E-state index contributed by atoms with van der Waals surface area (Å²) in [5.74, 6) is 1.76. The number of pyridine rings is 1. The van der Waals surface area contributed by atoms with Crippen molar-refractivity contribution in [1.29, 1.82) is 0 Å². The standard InChI is InChI=1S/C21H23N5/c1-16-15-20(26-14-10-18-5-3-4-6-19(18)26)24-21(23-16)25(2)13-9-17-7-11-22-12-8-17/h3-8,11-12,15H,9-10,13-14H2,1-2H3. The topological polar surface area (TPSA) is 45.2 Å². The highest BCUT2D eigenvalue weighted by molar-refractivity contribution is 5.68. The van der Waals surface area contributed by atoms with Crippen molar-refractivity contribution in [3.05, 3.63) is 71.7 Å². The first kappa shape index (κ1) is 16.5. The van der Waals surface area contributed by atoms with Crippen LogP contribution in [0.4, 0.5) is 17.5 Å². The first-order valence-electron chi connectivity index (χ1n) is 9.02. The van der Waals surface area contributed by atoms with E-state index in [-0.39, 0.29) is 0 Å². The molecule has 3 aromatic rings. The molecule has 0 radical (unpaired) electrons. The van der Waals surface area contributed by atoms with Gasteiger partial charge in [0, 0.05) is 50.0 Å². The Morgan fingerprint density at radius 3 is 2.73 bits per heavy atom. The van der Waals surface area contributed by atoms with Gasteiger partial charge in [-0.1, -0.05) is 18.2 Å². The van der Waals surface area contributed by atoms with Crippen molar-refractivity contribution >= 4 is 17.5 Å². The van der Waals surface area contributed by atoms with Crippen molar-refractivity contribution in [3.8, 4) is 0 Å². The number of para-hydroxylation sites is 1. The summed E-state index contributed by atoms with van der Waals surface area (Å²) in [6.45, 7) is 3.87.